The molecule has 0 aliphatic carbocycles. The van der Waals surface area contributed by atoms with Crippen molar-refractivity contribution in [1.82, 2.24) is 19.6 Å². The van der Waals surface area contributed by atoms with Crippen LogP contribution in [0.4, 0.5) is 20.7 Å². The number of amides is 2. The molecule has 0 unspecified atom stereocenters. The second-order valence-electron chi connectivity index (χ2n) is 9.18. The predicted molar refractivity (Wildman–Crippen MR) is 149 cm³/mol. The van der Waals surface area contributed by atoms with Crippen molar-refractivity contribution in [2.75, 3.05) is 49.5 Å². The summed E-state index contributed by atoms with van der Waals surface area (Å²) in [5.74, 6) is 0.588. The van der Waals surface area contributed by atoms with Gasteiger partial charge in [0, 0.05) is 44.0 Å². The highest BCUT2D eigenvalue weighted by Gasteiger charge is 2.27. The van der Waals surface area contributed by atoms with E-state index in [0.29, 0.717) is 34.5 Å². The summed E-state index contributed by atoms with van der Waals surface area (Å²) in [6.45, 7) is 11.6. The van der Waals surface area contributed by atoms with Crippen molar-refractivity contribution in [2.45, 2.75) is 33.7 Å². The molecule has 1 aromatic heterocycles. The fourth-order valence-corrected chi connectivity index (χ4v) is 4.91. The maximum atomic E-state index is 14.2. The first-order valence-electron chi connectivity index (χ1n) is 12.6. The molecule has 37 heavy (non-hydrogen) atoms. The number of hydrogen-bond acceptors (Lipinski definition) is 4. The molecule has 0 spiro atoms. The van der Waals surface area contributed by atoms with E-state index < -0.39 is 0 Å². The Bertz CT molecular complexity index is 1240. The largest absolute Gasteiger partial charge is 0.354 e. The van der Waals surface area contributed by atoms with Gasteiger partial charge in [-0.3, -0.25) is 0 Å². The van der Waals surface area contributed by atoms with E-state index in [2.05, 4.69) is 22.0 Å². The van der Waals surface area contributed by atoms with E-state index in [1.165, 1.54) is 12.1 Å². The number of nitrogens with one attached hydrogen (secondary N) is 1. The number of carbonyl (C=O) groups is 1. The molecule has 1 aliphatic rings. The standard InChI is InChI=1S/C27H33Cl2FN6O/c1-4-11-35(27(37)31-21-9-10-24(28)25(29)17-21)18-23-19(3)32-36(22-8-6-7-20(30)16-22)26(23)34-14-12-33(5-2)13-15-34/h6-10,16-17H,4-5,11-15,18H2,1-3H3,(H,31,37). The number of rotatable bonds is 8. The van der Waals surface area contributed by atoms with Crippen molar-refractivity contribution >= 4 is 40.7 Å². The van der Waals surface area contributed by atoms with Crippen LogP contribution < -0.4 is 10.2 Å². The van der Waals surface area contributed by atoms with Crippen LogP contribution in [0.15, 0.2) is 42.5 Å². The number of carbonyl (C=O) groups excluding carboxylic acids is 1. The van der Waals surface area contributed by atoms with Gasteiger partial charge >= 0.3 is 6.03 Å². The molecule has 2 aromatic carbocycles. The summed E-state index contributed by atoms with van der Waals surface area (Å²) in [6, 6.07) is 11.2. The Morgan fingerprint density at radius 2 is 1.84 bits per heavy atom. The Morgan fingerprint density at radius 1 is 1.08 bits per heavy atom. The molecule has 1 aliphatic heterocycles. The zero-order valence-corrected chi connectivity index (χ0v) is 23.0. The van der Waals surface area contributed by atoms with Gasteiger partial charge in [-0.2, -0.15) is 5.10 Å². The molecule has 2 amide bonds. The van der Waals surface area contributed by atoms with Gasteiger partial charge in [-0.05, 0) is 56.3 Å². The SMILES string of the molecule is CCCN(Cc1c(C)nn(-c2cccc(F)c2)c1N1CCN(CC)CC1)C(=O)Nc1ccc(Cl)c(Cl)c1. The molecule has 10 heteroatoms. The summed E-state index contributed by atoms with van der Waals surface area (Å²) < 4.78 is 16.0. The van der Waals surface area contributed by atoms with Crippen LogP contribution in [0.1, 0.15) is 31.5 Å². The number of piperazine rings is 1. The fourth-order valence-electron chi connectivity index (χ4n) is 4.61. The van der Waals surface area contributed by atoms with Crippen LogP contribution in [0.2, 0.25) is 10.0 Å². The second-order valence-corrected chi connectivity index (χ2v) is 10.00. The molecule has 1 N–H and O–H groups in total. The molecular weight excluding hydrogens is 514 g/mol. The third-order valence-corrected chi connectivity index (χ3v) is 7.37. The van der Waals surface area contributed by atoms with Gasteiger partial charge in [-0.25, -0.2) is 13.9 Å². The van der Waals surface area contributed by atoms with Gasteiger partial charge in [0.2, 0.25) is 0 Å². The molecule has 0 bridgehead atoms. The number of nitrogens with zero attached hydrogens (tertiary/aromatic N) is 5. The normalized spacial score (nSPS) is 14.2. The lowest BCUT2D eigenvalue weighted by atomic mass is 10.2. The molecule has 3 aromatic rings. The van der Waals surface area contributed by atoms with Crippen molar-refractivity contribution < 1.29 is 9.18 Å². The Kier molecular flexibility index (Phi) is 8.95. The minimum atomic E-state index is -0.317. The lowest BCUT2D eigenvalue weighted by Crippen LogP contribution is -2.47. The number of aromatic nitrogens is 2. The van der Waals surface area contributed by atoms with E-state index >= 15 is 0 Å². The summed E-state index contributed by atoms with van der Waals surface area (Å²) in [7, 11) is 0. The zero-order valence-electron chi connectivity index (χ0n) is 21.5. The summed E-state index contributed by atoms with van der Waals surface area (Å²) in [5.41, 5.74) is 2.99. The van der Waals surface area contributed by atoms with Crippen molar-refractivity contribution in [3.05, 3.63) is 69.6 Å². The summed E-state index contributed by atoms with van der Waals surface area (Å²) in [6.07, 6.45) is 0.788. The average molecular weight is 548 g/mol. The smallest absolute Gasteiger partial charge is 0.322 e. The van der Waals surface area contributed by atoms with E-state index in [1.807, 2.05) is 24.6 Å². The van der Waals surface area contributed by atoms with E-state index in [9.17, 15) is 9.18 Å². The van der Waals surface area contributed by atoms with Crippen LogP contribution in [0.25, 0.3) is 5.69 Å². The van der Waals surface area contributed by atoms with Gasteiger partial charge in [0.25, 0.3) is 0 Å². The molecule has 1 fully saturated rings. The number of likely N-dealkylation sites (N-methyl/N-ethyl adjacent to an activating group) is 1. The van der Waals surface area contributed by atoms with E-state index in [-0.39, 0.29) is 11.8 Å². The molecule has 7 nitrogen and oxygen atoms in total. The number of hydrogen-bond donors (Lipinski definition) is 1. The van der Waals surface area contributed by atoms with Gasteiger partial charge < -0.3 is 20.0 Å². The van der Waals surface area contributed by atoms with Crippen molar-refractivity contribution in [2.24, 2.45) is 0 Å². The maximum Gasteiger partial charge on any atom is 0.322 e. The van der Waals surface area contributed by atoms with Crippen LogP contribution in [0, 0.1) is 12.7 Å². The quantitative estimate of drug-likeness (QED) is 0.364. The van der Waals surface area contributed by atoms with Crippen LogP contribution in [-0.4, -0.2) is 64.9 Å². The summed E-state index contributed by atoms with van der Waals surface area (Å²) in [4.78, 5) is 19.8. The molecule has 198 valence electrons. The topological polar surface area (TPSA) is 56.6 Å². The lowest BCUT2D eigenvalue weighted by Gasteiger charge is -2.36. The van der Waals surface area contributed by atoms with Crippen molar-refractivity contribution in [3.63, 3.8) is 0 Å². The maximum absolute atomic E-state index is 14.2. The molecular formula is C27H33Cl2FN6O. The third-order valence-electron chi connectivity index (χ3n) is 6.63. The zero-order chi connectivity index (χ0) is 26.5. The third kappa shape index (κ3) is 6.37. The number of halogens is 3. The summed E-state index contributed by atoms with van der Waals surface area (Å²) in [5, 5.41) is 8.56. The Morgan fingerprint density at radius 3 is 2.49 bits per heavy atom. The number of benzene rings is 2. The number of anilines is 2. The molecule has 0 radical (unpaired) electrons. The molecule has 0 atom stereocenters. The molecule has 1 saturated heterocycles. The number of urea groups is 1. The van der Waals surface area contributed by atoms with E-state index in [0.717, 1.165) is 56.2 Å². The minimum Gasteiger partial charge on any atom is -0.354 e. The highest BCUT2D eigenvalue weighted by atomic mass is 35.5. The lowest BCUT2D eigenvalue weighted by molar-refractivity contribution is 0.209. The van der Waals surface area contributed by atoms with Crippen LogP contribution >= 0.6 is 23.2 Å². The average Bonchev–Trinajstić information content (AvgIpc) is 3.21. The number of aryl methyl sites for hydroxylation is 1. The Balaban J connectivity index is 1.68. The van der Waals surface area contributed by atoms with Crippen molar-refractivity contribution in [3.8, 4) is 5.69 Å². The first-order chi connectivity index (χ1) is 17.8. The first kappa shape index (κ1) is 27.2. The first-order valence-corrected chi connectivity index (χ1v) is 13.4. The predicted octanol–water partition coefficient (Wildman–Crippen LogP) is 6.21. The molecule has 2 heterocycles. The Labute approximate surface area is 227 Å². The second kappa shape index (κ2) is 12.2. The van der Waals surface area contributed by atoms with Crippen molar-refractivity contribution in [1.29, 1.82) is 0 Å². The van der Waals surface area contributed by atoms with Gasteiger partial charge in [0.05, 0.1) is 28.0 Å². The van der Waals surface area contributed by atoms with Gasteiger partial charge in [-0.15, -0.1) is 0 Å². The highest BCUT2D eigenvalue weighted by Crippen LogP contribution is 2.31. The minimum absolute atomic E-state index is 0.236. The van der Waals surface area contributed by atoms with E-state index in [4.69, 9.17) is 28.3 Å². The van der Waals surface area contributed by atoms with Gasteiger partial charge in [-0.1, -0.05) is 43.1 Å². The van der Waals surface area contributed by atoms with Crippen LogP contribution in [0.5, 0.6) is 0 Å². The fraction of sp³-hybridized carbons (Fsp3) is 0.407. The van der Waals surface area contributed by atoms with Crippen LogP contribution in [-0.2, 0) is 6.54 Å². The van der Waals surface area contributed by atoms with Gasteiger partial charge in [0.1, 0.15) is 11.6 Å². The summed E-state index contributed by atoms with van der Waals surface area (Å²) >= 11 is 12.2. The van der Waals surface area contributed by atoms with E-state index in [1.54, 1.807) is 29.2 Å². The Hall–Kier alpha value is -2.81. The monoisotopic (exact) mass is 546 g/mol. The molecule has 4 rings (SSSR count). The highest BCUT2D eigenvalue weighted by molar-refractivity contribution is 6.42. The van der Waals surface area contributed by atoms with Crippen LogP contribution in [0.3, 0.4) is 0 Å². The van der Waals surface area contributed by atoms with Gasteiger partial charge in [0.15, 0.2) is 0 Å². The molecule has 0 saturated carbocycles.